The summed E-state index contributed by atoms with van der Waals surface area (Å²) < 4.78 is 49.4. The molecular weight excluding hydrogens is 427 g/mol. The van der Waals surface area contributed by atoms with Crippen LogP contribution in [0.4, 0.5) is 29.3 Å². The minimum absolute atomic E-state index is 0.0721. The van der Waals surface area contributed by atoms with Gasteiger partial charge < -0.3 is 20.1 Å². The highest BCUT2D eigenvalue weighted by molar-refractivity contribution is 6.00. The molecule has 2 N–H and O–H groups in total. The third kappa shape index (κ3) is 5.75. The summed E-state index contributed by atoms with van der Waals surface area (Å²) in [6.45, 7) is 1.44. The highest BCUT2D eigenvalue weighted by Crippen LogP contribution is 2.35. The third-order valence-corrected chi connectivity index (χ3v) is 4.23. The Morgan fingerprint density at radius 1 is 1.00 bits per heavy atom. The number of nitrogens with one attached hydrogen (secondary N) is 2. The largest absolute Gasteiger partial charge is 0.495 e. The van der Waals surface area contributed by atoms with Gasteiger partial charge in [-0.3, -0.25) is 4.79 Å². The molecule has 2 aromatic carbocycles. The van der Waals surface area contributed by atoms with Crippen molar-refractivity contribution in [2.75, 3.05) is 17.7 Å². The Hall–Kier alpha value is -4.08. The first-order chi connectivity index (χ1) is 15.2. The normalized spacial score (nSPS) is 10.9. The number of carbonyl (C=O) groups is 2. The summed E-state index contributed by atoms with van der Waals surface area (Å²) >= 11 is 0. The summed E-state index contributed by atoms with van der Waals surface area (Å²) in [5.74, 6) is 0.602. The monoisotopic (exact) mass is 445 g/mol. The van der Waals surface area contributed by atoms with Crippen molar-refractivity contribution in [2.45, 2.75) is 13.1 Å². The molecule has 32 heavy (non-hydrogen) atoms. The maximum absolute atomic E-state index is 12.9. The highest BCUT2D eigenvalue weighted by atomic mass is 19.4. The minimum atomic E-state index is -4.57. The van der Waals surface area contributed by atoms with Crippen molar-refractivity contribution in [2.24, 2.45) is 0 Å². The number of ketones is 1. The van der Waals surface area contributed by atoms with Gasteiger partial charge in [0, 0.05) is 11.6 Å². The lowest BCUT2D eigenvalue weighted by Gasteiger charge is -2.14. The molecule has 0 spiro atoms. The van der Waals surface area contributed by atoms with Gasteiger partial charge in [-0.15, -0.1) is 0 Å². The van der Waals surface area contributed by atoms with Crippen LogP contribution >= 0.6 is 0 Å². The number of ether oxygens (including phenoxy) is 2. The number of anilines is 2. The lowest BCUT2D eigenvalue weighted by Crippen LogP contribution is -2.20. The van der Waals surface area contributed by atoms with Crippen molar-refractivity contribution in [3.63, 3.8) is 0 Å². The number of amides is 2. The number of carbonyl (C=O) groups excluding carboxylic acids is 2. The highest BCUT2D eigenvalue weighted by Gasteiger charge is 2.31. The number of hydrogen-bond donors (Lipinski definition) is 2. The zero-order valence-electron chi connectivity index (χ0n) is 17.0. The SMILES string of the molecule is COc1ccc(C(F)(F)F)cc1NC(=O)Nc1ccc(Oc2cccc(C(C)=O)c2)nc1. The van der Waals surface area contributed by atoms with E-state index in [4.69, 9.17) is 9.47 Å². The molecule has 3 rings (SSSR count). The molecule has 1 heterocycles. The van der Waals surface area contributed by atoms with Gasteiger partial charge in [0.1, 0.15) is 11.5 Å². The molecule has 7 nitrogen and oxygen atoms in total. The summed E-state index contributed by atoms with van der Waals surface area (Å²) in [6, 6.07) is 11.5. The lowest BCUT2D eigenvalue weighted by atomic mass is 10.1. The molecule has 1 aromatic heterocycles. The van der Waals surface area contributed by atoms with Crippen LogP contribution in [0.1, 0.15) is 22.8 Å². The fourth-order valence-electron chi connectivity index (χ4n) is 2.68. The molecule has 0 aliphatic heterocycles. The number of aromatic nitrogens is 1. The molecular formula is C22H18F3N3O4. The Kier molecular flexibility index (Phi) is 6.62. The zero-order valence-corrected chi connectivity index (χ0v) is 17.0. The predicted molar refractivity (Wildman–Crippen MR) is 111 cm³/mol. The Morgan fingerprint density at radius 2 is 1.78 bits per heavy atom. The third-order valence-electron chi connectivity index (χ3n) is 4.23. The number of urea groups is 1. The van der Waals surface area contributed by atoms with Crippen molar-refractivity contribution in [3.05, 3.63) is 71.9 Å². The Bertz CT molecular complexity index is 1130. The van der Waals surface area contributed by atoms with Crippen LogP contribution in [0.15, 0.2) is 60.8 Å². The van der Waals surface area contributed by atoms with Gasteiger partial charge >= 0.3 is 12.2 Å². The summed E-state index contributed by atoms with van der Waals surface area (Å²) in [4.78, 5) is 27.8. The van der Waals surface area contributed by atoms with Gasteiger partial charge in [0.2, 0.25) is 5.88 Å². The molecule has 0 radical (unpaired) electrons. The van der Waals surface area contributed by atoms with Gasteiger partial charge in [0.05, 0.1) is 30.2 Å². The maximum Gasteiger partial charge on any atom is 0.416 e. The van der Waals surface area contributed by atoms with E-state index in [1.54, 1.807) is 24.3 Å². The molecule has 166 valence electrons. The van der Waals surface area contributed by atoms with Crippen LogP contribution in [-0.4, -0.2) is 23.9 Å². The summed E-state index contributed by atoms with van der Waals surface area (Å²) in [5.41, 5.74) is -0.301. The molecule has 3 aromatic rings. The number of halogens is 3. The number of nitrogens with zero attached hydrogens (tertiary/aromatic N) is 1. The number of methoxy groups -OCH3 is 1. The standard InChI is InChI=1S/C22H18F3N3O4/c1-13(29)14-4-3-5-17(10-14)32-20-9-7-16(12-26-20)27-21(30)28-18-11-15(22(23,24)25)6-8-19(18)31-2/h3-12H,1-2H3,(H2,27,28,30). The van der Waals surface area contributed by atoms with E-state index in [9.17, 15) is 22.8 Å². The Labute approximate surface area is 181 Å². The lowest BCUT2D eigenvalue weighted by molar-refractivity contribution is -0.137. The molecule has 0 saturated carbocycles. The molecule has 0 bridgehead atoms. The van der Waals surface area contributed by atoms with Crippen LogP contribution < -0.4 is 20.1 Å². The topological polar surface area (TPSA) is 89.5 Å². The van der Waals surface area contributed by atoms with Crippen LogP contribution in [0.2, 0.25) is 0 Å². The number of rotatable bonds is 6. The first-order valence-electron chi connectivity index (χ1n) is 9.24. The first kappa shape index (κ1) is 22.6. The predicted octanol–water partition coefficient (Wildman–Crippen LogP) is 5.75. The summed E-state index contributed by atoms with van der Waals surface area (Å²) in [7, 11) is 1.28. The molecule has 0 aliphatic rings. The second-order valence-corrected chi connectivity index (χ2v) is 6.56. The van der Waals surface area contributed by atoms with Gasteiger partial charge in [-0.1, -0.05) is 12.1 Å². The van der Waals surface area contributed by atoms with Crippen molar-refractivity contribution < 1.29 is 32.2 Å². The summed E-state index contributed by atoms with van der Waals surface area (Å²) in [5, 5.41) is 4.79. The average molecular weight is 445 g/mol. The van der Waals surface area contributed by atoms with E-state index in [1.165, 1.54) is 32.4 Å². The number of alkyl halides is 3. The van der Waals surface area contributed by atoms with Crippen LogP contribution in [0.3, 0.4) is 0 Å². The zero-order chi connectivity index (χ0) is 23.3. The van der Waals surface area contributed by atoms with Crippen LogP contribution in [-0.2, 0) is 6.18 Å². The van der Waals surface area contributed by atoms with Gasteiger partial charge in [-0.05, 0) is 43.3 Å². The van der Waals surface area contributed by atoms with Crippen LogP contribution in [0, 0.1) is 0 Å². The van der Waals surface area contributed by atoms with E-state index in [2.05, 4.69) is 15.6 Å². The van der Waals surface area contributed by atoms with Crippen molar-refractivity contribution in [1.82, 2.24) is 4.98 Å². The Morgan fingerprint density at radius 3 is 2.41 bits per heavy atom. The molecule has 0 saturated heterocycles. The van der Waals surface area contributed by atoms with E-state index in [1.807, 2.05) is 0 Å². The molecule has 0 aliphatic carbocycles. The fraction of sp³-hybridized carbons (Fsp3) is 0.136. The van der Waals surface area contributed by atoms with Crippen molar-refractivity contribution >= 4 is 23.2 Å². The fourth-order valence-corrected chi connectivity index (χ4v) is 2.68. The smallest absolute Gasteiger partial charge is 0.416 e. The second kappa shape index (κ2) is 9.38. The molecule has 0 unspecified atom stereocenters. The Balaban J connectivity index is 1.66. The van der Waals surface area contributed by atoms with Gasteiger partial charge in [-0.25, -0.2) is 9.78 Å². The number of pyridine rings is 1. The van der Waals surface area contributed by atoms with E-state index < -0.39 is 17.8 Å². The van der Waals surface area contributed by atoms with E-state index in [0.29, 0.717) is 11.3 Å². The number of hydrogen-bond acceptors (Lipinski definition) is 5. The second-order valence-electron chi connectivity index (χ2n) is 6.56. The van der Waals surface area contributed by atoms with E-state index in [-0.39, 0.29) is 28.8 Å². The van der Waals surface area contributed by atoms with Gasteiger partial charge in [0.15, 0.2) is 5.78 Å². The molecule has 10 heteroatoms. The van der Waals surface area contributed by atoms with Crippen molar-refractivity contribution in [3.8, 4) is 17.4 Å². The average Bonchev–Trinajstić information content (AvgIpc) is 2.74. The molecule has 0 atom stereocenters. The number of benzene rings is 2. The van der Waals surface area contributed by atoms with Gasteiger partial charge in [0.25, 0.3) is 0 Å². The quantitative estimate of drug-likeness (QED) is 0.472. The molecule has 0 fully saturated rings. The maximum atomic E-state index is 12.9. The van der Waals surface area contributed by atoms with E-state index >= 15 is 0 Å². The van der Waals surface area contributed by atoms with Crippen molar-refractivity contribution in [1.29, 1.82) is 0 Å². The van der Waals surface area contributed by atoms with Crippen LogP contribution in [0.25, 0.3) is 0 Å². The minimum Gasteiger partial charge on any atom is -0.495 e. The van der Waals surface area contributed by atoms with E-state index in [0.717, 1.165) is 18.2 Å². The molecule has 2 amide bonds. The first-order valence-corrected chi connectivity index (χ1v) is 9.24. The van der Waals surface area contributed by atoms with Gasteiger partial charge in [-0.2, -0.15) is 13.2 Å². The number of Topliss-reactive ketones (excluding diaryl/α,β-unsaturated/α-hetero) is 1. The summed E-state index contributed by atoms with van der Waals surface area (Å²) in [6.07, 6.45) is -3.25. The van der Waals surface area contributed by atoms with Crippen LogP contribution in [0.5, 0.6) is 17.4 Å².